The highest BCUT2D eigenvalue weighted by atomic mass is 16.5. The molecule has 1 N–H and O–H groups in total. The van der Waals surface area contributed by atoms with Gasteiger partial charge in [0.1, 0.15) is 0 Å². The van der Waals surface area contributed by atoms with Gasteiger partial charge in [-0.15, -0.1) is 0 Å². The third-order valence-corrected chi connectivity index (χ3v) is 6.69. The van der Waals surface area contributed by atoms with Crippen molar-refractivity contribution in [3.63, 3.8) is 0 Å². The molecule has 1 aromatic carbocycles. The molecule has 0 fully saturated rings. The van der Waals surface area contributed by atoms with Gasteiger partial charge in [0.15, 0.2) is 0 Å². The Balaban J connectivity index is 1.56. The SMILES string of the molecule is CCC(CC)N1CCc2ccc(CNC(=O)c3cnc(N(C)C[C@H](C)OC)nc3)cc2CC1. The van der Waals surface area contributed by atoms with E-state index in [1.165, 1.54) is 24.0 Å². The van der Waals surface area contributed by atoms with Gasteiger partial charge < -0.3 is 15.0 Å². The quantitative estimate of drug-likeness (QED) is 0.594. The average molecular weight is 454 g/mol. The molecule has 7 heteroatoms. The van der Waals surface area contributed by atoms with E-state index in [9.17, 15) is 4.79 Å². The van der Waals surface area contributed by atoms with Gasteiger partial charge >= 0.3 is 0 Å². The summed E-state index contributed by atoms with van der Waals surface area (Å²) >= 11 is 0. The van der Waals surface area contributed by atoms with Crippen LogP contribution < -0.4 is 10.2 Å². The molecule has 1 aromatic heterocycles. The Morgan fingerprint density at radius 2 is 1.82 bits per heavy atom. The third-order valence-electron chi connectivity index (χ3n) is 6.69. The van der Waals surface area contributed by atoms with Crippen molar-refractivity contribution in [1.29, 1.82) is 0 Å². The third kappa shape index (κ3) is 6.74. The zero-order valence-corrected chi connectivity index (χ0v) is 20.8. The molecule has 3 rings (SSSR count). The molecule has 1 aliphatic rings. The van der Waals surface area contributed by atoms with E-state index in [1.807, 2.05) is 18.9 Å². The number of aromatic nitrogens is 2. The van der Waals surface area contributed by atoms with Crippen molar-refractivity contribution in [2.24, 2.45) is 0 Å². The topological polar surface area (TPSA) is 70.6 Å². The highest BCUT2D eigenvalue weighted by molar-refractivity contribution is 5.93. The molecule has 0 unspecified atom stereocenters. The fourth-order valence-corrected chi connectivity index (χ4v) is 4.54. The highest BCUT2D eigenvalue weighted by Gasteiger charge is 2.19. The van der Waals surface area contributed by atoms with Crippen LogP contribution in [-0.2, 0) is 24.1 Å². The summed E-state index contributed by atoms with van der Waals surface area (Å²) in [6.45, 7) is 9.97. The van der Waals surface area contributed by atoms with Crippen LogP contribution in [0.3, 0.4) is 0 Å². The number of ether oxygens (including phenoxy) is 1. The summed E-state index contributed by atoms with van der Waals surface area (Å²) in [4.78, 5) is 25.8. The smallest absolute Gasteiger partial charge is 0.254 e. The Morgan fingerprint density at radius 3 is 2.45 bits per heavy atom. The minimum Gasteiger partial charge on any atom is -0.380 e. The van der Waals surface area contributed by atoms with E-state index in [-0.39, 0.29) is 12.0 Å². The van der Waals surface area contributed by atoms with Gasteiger partial charge in [0.25, 0.3) is 5.91 Å². The Bertz CT molecular complexity index is 898. The number of likely N-dealkylation sites (N-methyl/N-ethyl adjacent to an activating group) is 1. The number of rotatable bonds is 10. The lowest BCUT2D eigenvalue weighted by molar-refractivity contribution is 0.0950. The fourth-order valence-electron chi connectivity index (χ4n) is 4.54. The van der Waals surface area contributed by atoms with Crippen LogP contribution in [0.4, 0.5) is 5.95 Å². The number of nitrogens with one attached hydrogen (secondary N) is 1. The van der Waals surface area contributed by atoms with E-state index in [0.717, 1.165) is 31.5 Å². The Labute approximate surface area is 198 Å². The molecule has 180 valence electrons. The second-order valence-electron chi connectivity index (χ2n) is 8.99. The molecular weight excluding hydrogens is 414 g/mol. The average Bonchev–Trinajstić information content (AvgIpc) is 3.05. The molecule has 0 bridgehead atoms. The molecule has 1 atom stereocenters. The summed E-state index contributed by atoms with van der Waals surface area (Å²) < 4.78 is 5.28. The van der Waals surface area contributed by atoms with Crippen molar-refractivity contribution >= 4 is 11.9 Å². The fraction of sp³-hybridized carbons (Fsp3) is 0.577. The summed E-state index contributed by atoms with van der Waals surface area (Å²) in [6, 6.07) is 7.31. The van der Waals surface area contributed by atoms with Crippen LogP contribution in [0.2, 0.25) is 0 Å². The lowest BCUT2D eigenvalue weighted by Crippen LogP contribution is -2.36. The summed E-state index contributed by atoms with van der Waals surface area (Å²) in [5.74, 6) is 0.410. The second kappa shape index (κ2) is 12.1. The monoisotopic (exact) mass is 453 g/mol. The first-order valence-corrected chi connectivity index (χ1v) is 12.1. The van der Waals surface area contributed by atoms with Crippen LogP contribution in [0, 0.1) is 0 Å². The first-order valence-electron chi connectivity index (χ1n) is 12.1. The minimum absolute atomic E-state index is 0.0743. The van der Waals surface area contributed by atoms with Crippen LogP contribution in [0.15, 0.2) is 30.6 Å². The summed E-state index contributed by atoms with van der Waals surface area (Å²) in [7, 11) is 3.59. The van der Waals surface area contributed by atoms with Gasteiger partial charge in [-0.1, -0.05) is 32.0 Å². The van der Waals surface area contributed by atoms with Crippen molar-refractivity contribution in [3.8, 4) is 0 Å². The Morgan fingerprint density at radius 1 is 1.15 bits per heavy atom. The van der Waals surface area contributed by atoms with Gasteiger partial charge in [0.05, 0.1) is 11.7 Å². The van der Waals surface area contributed by atoms with Gasteiger partial charge in [-0.2, -0.15) is 0 Å². The molecule has 0 aliphatic carbocycles. The number of amides is 1. The highest BCUT2D eigenvalue weighted by Crippen LogP contribution is 2.21. The van der Waals surface area contributed by atoms with Crippen molar-refractivity contribution in [1.82, 2.24) is 20.2 Å². The molecule has 2 aromatic rings. The number of carbonyl (C=O) groups is 1. The van der Waals surface area contributed by atoms with Crippen molar-refractivity contribution in [2.45, 2.75) is 65.1 Å². The molecule has 0 saturated heterocycles. The van der Waals surface area contributed by atoms with Gasteiger partial charge in [0.2, 0.25) is 5.95 Å². The largest absolute Gasteiger partial charge is 0.380 e. The van der Waals surface area contributed by atoms with E-state index in [0.29, 0.717) is 30.6 Å². The number of hydrogen-bond donors (Lipinski definition) is 1. The van der Waals surface area contributed by atoms with Gasteiger partial charge in [-0.3, -0.25) is 9.69 Å². The van der Waals surface area contributed by atoms with Crippen molar-refractivity contribution in [2.75, 3.05) is 38.7 Å². The first kappa shape index (κ1) is 25.1. The maximum absolute atomic E-state index is 12.6. The zero-order valence-electron chi connectivity index (χ0n) is 20.8. The van der Waals surface area contributed by atoms with Crippen LogP contribution in [0.25, 0.3) is 0 Å². The number of hydrogen-bond acceptors (Lipinski definition) is 6. The van der Waals surface area contributed by atoms with Crippen molar-refractivity contribution < 1.29 is 9.53 Å². The summed E-state index contributed by atoms with van der Waals surface area (Å²) in [6.07, 6.45) is 7.81. The number of methoxy groups -OCH3 is 1. The molecular formula is C26H39N5O2. The number of anilines is 1. The van der Waals surface area contributed by atoms with Crippen LogP contribution in [0.1, 0.15) is 60.7 Å². The maximum atomic E-state index is 12.6. The van der Waals surface area contributed by atoms with Crippen LogP contribution in [0.5, 0.6) is 0 Å². The van der Waals surface area contributed by atoms with E-state index in [4.69, 9.17) is 4.74 Å². The predicted molar refractivity (Wildman–Crippen MR) is 133 cm³/mol. The molecule has 7 nitrogen and oxygen atoms in total. The second-order valence-corrected chi connectivity index (χ2v) is 8.99. The number of carbonyl (C=O) groups excluding carboxylic acids is 1. The normalized spacial score (nSPS) is 15.1. The molecule has 33 heavy (non-hydrogen) atoms. The summed E-state index contributed by atoms with van der Waals surface area (Å²) in [5.41, 5.74) is 4.44. The van der Waals surface area contributed by atoms with E-state index >= 15 is 0 Å². The zero-order chi connectivity index (χ0) is 23.8. The van der Waals surface area contributed by atoms with Gasteiger partial charge in [0, 0.05) is 58.8 Å². The number of nitrogens with zero attached hydrogens (tertiary/aromatic N) is 4. The standard InChI is InChI=1S/C26H39N5O2/c1-6-24(7-2)31-12-10-21-9-8-20(14-22(21)11-13-31)15-27-25(32)23-16-28-26(29-17-23)30(4)18-19(3)33-5/h8-9,14,16-17,19,24H,6-7,10-13,15,18H2,1-5H3,(H,27,32)/t19-/m0/s1. The molecule has 1 aliphatic heterocycles. The Kier molecular flexibility index (Phi) is 9.21. The van der Waals surface area contributed by atoms with Gasteiger partial charge in [-0.25, -0.2) is 9.97 Å². The van der Waals surface area contributed by atoms with Gasteiger partial charge in [-0.05, 0) is 49.3 Å². The van der Waals surface area contributed by atoms with E-state index in [2.05, 4.69) is 52.2 Å². The molecule has 1 amide bonds. The van der Waals surface area contributed by atoms with E-state index in [1.54, 1.807) is 19.5 Å². The first-order chi connectivity index (χ1) is 15.9. The minimum atomic E-state index is -0.163. The molecule has 0 radical (unpaired) electrons. The lowest BCUT2D eigenvalue weighted by Gasteiger charge is -2.28. The summed E-state index contributed by atoms with van der Waals surface area (Å²) in [5, 5.41) is 3.01. The predicted octanol–water partition coefficient (Wildman–Crippen LogP) is 3.47. The van der Waals surface area contributed by atoms with E-state index < -0.39 is 0 Å². The lowest BCUT2D eigenvalue weighted by atomic mass is 10.00. The number of fused-ring (bicyclic) bond motifs is 1. The maximum Gasteiger partial charge on any atom is 0.254 e. The molecule has 2 heterocycles. The Hall–Kier alpha value is -2.51. The molecule has 0 spiro atoms. The molecule has 0 saturated carbocycles. The number of benzene rings is 1. The van der Waals surface area contributed by atoms with Crippen LogP contribution >= 0.6 is 0 Å². The van der Waals surface area contributed by atoms with Crippen LogP contribution in [-0.4, -0.2) is 66.7 Å². The van der Waals surface area contributed by atoms with Crippen molar-refractivity contribution in [3.05, 3.63) is 52.8 Å².